The zero-order valence-corrected chi connectivity index (χ0v) is 20.0. The first kappa shape index (κ1) is 23.6. The van der Waals surface area contributed by atoms with Gasteiger partial charge in [-0.2, -0.15) is 17.0 Å². The lowest BCUT2D eigenvalue weighted by atomic mass is 9.98. The summed E-state index contributed by atoms with van der Waals surface area (Å²) in [5, 5.41) is 19.2. The highest BCUT2D eigenvalue weighted by Gasteiger charge is 2.31. The summed E-state index contributed by atoms with van der Waals surface area (Å²) in [5.74, 6) is 1.50. The Balaban J connectivity index is 1.99. The molecule has 33 heavy (non-hydrogen) atoms. The van der Waals surface area contributed by atoms with Crippen LogP contribution in [0.4, 0.5) is 5.69 Å². The number of primary sulfonamides is 1. The number of aromatic amines is 1. The molecule has 0 radical (unpaired) electrons. The predicted octanol–water partition coefficient (Wildman–Crippen LogP) is 0.467. The highest BCUT2D eigenvalue weighted by molar-refractivity contribution is 7.99. The molecule has 0 unspecified atom stereocenters. The van der Waals surface area contributed by atoms with E-state index < -0.39 is 35.4 Å². The van der Waals surface area contributed by atoms with Gasteiger partial charge >= 0.3 is 0 Å². The molecule has 1 saturated heterocycles. The van der Waals surface area contributed by atoms with E-state index in [0.717, 1.165) is 30.3 Å². The molecule has 3 aromatic rings. The van der Waals surface area contributed by atoms with Gasteiger partial charge in [-0.3, -0.25) is 0 Å². The Morgan fingerprint density at radius 2 is 1.85 bits per heavy atom. The third-order valence-electron chi connectivity index (χ3n) is 5.23. The van der Waals surface area contributed by atoms with Crippen LogP contribution in [0.3, 0.4) is 0 Å². The van der Waals surface area contributed by atoms with Crippen molar-refractivity contribution in [1.29, 1.82) is 0 Å². The van der Waals surface area contributed by atoms with Crippen molar-refractivity contribution in [2.24, 2.45) is 10.9 Å². The van der Waals surface area contributed by atoms with Gasteiger partial charge in [0.05, 0.1) is 16.2 Å². The maximum atomic E-state index is 12.9. The van der Waals surface area contributed by atoms with Crippen molar-refractivity contribution < 1.29 is 16.8 Å². The summed E-state index contributed by atoms with van der Waals surface area (Å²) in [6, 6.07) is 10.4. The summed E-state index contributed by atoms with van der Waals surface area (Å²) in [4.78, 5) is 1.23. The van der Waals surface area contributed by atoms with Crippen LogP contribution in [-0.2, 0) is 19.9 Å². The van der Waals surface area contributed by atoms with Crippen LogP contribution in [0, 0.1) is 0 Å². The van der Waals surface area contributed by atoms with Crippen molar-refractivity contribution >= 4 is 37.3 Å². The first-order valence-electron chi connectivity index (χ1n) is 10.0. The molecule has 11 nitrogen and oxygen atoms in total. The molecule has 0 atom stereocenters. The number of tetrazole rings is 1. The molecule has 0 aliphatic carbocycles. The number of thioether (sulfide) groups is 1. The Morgan fingerprint density at radius 3 is 2.48 bits per heavy atom. The lowest BCUT2D eigenvalue weighted by Gasteiger charge is -2.29. The molecule has 1 aromatic heterocycles. The van der Waals surface area contributed by atoms with E-state index in [9.17, 15) is 16.8 Å². The molecule has 0 bridgehead atoms. The number of nitrogens with one attached hydrogen (secondary N) is 1. The van der Waals surface area contributed by atoms with Crippen LogP contribution >= 0.6 is 11.8 Å². The van der Waals surface area contributed by atoms with Crippen LogP contribution in [-0.4, -0.2) is 74.4 Å². The van der Waals surface area contributed by atoms with Crippen molar-refractivity contribution in [2.45, 2.75) is 9.79 Å². The number of anilines is 1. The highest BCUT2D eigenvalue weighted by Crippen LogP contribution is 2.39. The van der Waals surface area contributed by atoms with E-state index >= 15 is 0 Å². The minimum absolute atomic E-state index is 0.0318. The molecule has 4 rings (SSSR count). The quantitative estimate of drug-likeness (QED) is 0.405. The number of hydrogen-bond acceptors (Lipinski definition) is 10. The number of hydrogen-bond donors (Lipinski definition) is 3. The summed E-state index contributed by atoms with van der Waals surface area (Å²) in [6.07, 6.45) is 0. The Morgan fingerprint density at radius 1 is 1.09 bits per heavy atom. The number of rotatable bonds is 7. The molecule has 176 valence electrons. The minimum atomic E-state index is -4.51. The SMILES string of the molecule is NCCS(=O)(=O)c1ccc(-c2cccc(N3CCSCC3)c2)c(-c2nn[nH]n2)c1S(N)(=O)=O. The van der Waals surface area contributed by atoms with E-state index in [-0.39, 0.29) is 17.9 Å². The first-order valence-corrected chi connectivity index (χ1v) is 14.4. The molecule has 1 fully saturated rings. The lowest BCUT2D eigenvalue weighted by Crippen LogP contribution is -2.32. The topological polar surface area (TPSA) is 178 Å². The Bertz CT molecular complexity index is 1350. The number of benzene rings is 2. The standard InChI is InChI=1S/C19H23N7O4S3/c20-6-11-32(27,28)16-5-4-15(17(18(16)33(21,29)30)19-22-24-25-23-19)13-2-1-3-14(12-13)26-7-9-31-10-8-26/h1-5,12H,6-11,20H2,(H2,21,29,30)(H,22,23,24,25). The lowest BCUT2D eigenvalue weighted by molar-refractivity contribution is 0.583. The zero-order valence-electron chi connectivity index (χ0n) is 17.5. The average Bonchev–Trinajstić information content (AvgIpc) is 3.33. The van der Waals surface area contributed by atoms with Gasteiger partial charge in [0.2, 0.25) is 15.8 Å². The molecule has 0 spiro atoms. The molecule has 14 heteroatoms. The van der Waals surface area contributed by atoms with Crippen LogP contribution in [0.5, 0.6) is 0 Å². The van der Waals surface area contributed by atoms with Crippen molar-refractivity contribution in [3.63, 3.8) is 0 Å². The summed E-state index contributed by atoms with van der Waals surface area (Å²) in [7, 11) is -8.55. The molecular weight excluding hydrogens is 486 g/mol. The third kappa shape index (κ3) is 4.89. The third-order valence-corrected chi connectivity index (χ3v) is 9.08. The second-order valence-electron chi connectivity index (χ2n) is 7.35. The fourth-order valence-corrected chi connectivity index (χ4v) is 7.43. The maximum absolute atomic E-state index is 12.9. The molecular formula is C19H23N7O4S3. The Labute approximate surface area is 195 Å². The Hall–Kier alpha value is -2.52. The predicted molar refractivity (Wildman–Crippen MR) is 127 cm³/mol. The van der Waals surface area contributed by atoms with E-state index in [2.05, 4.69) is 25.5 Å². The van der Waals surface area contributed by atoms with Crippen LogP contribution in [0.25, 0.3) is 22.5 Å². The van der Waals surface area contributed by atoms with Crippen molar-refractivity contribution in [1.82, 2.24) is 20.6 Å². The smallest absolute Gasteiger partial charge is 0.240 e. The fourth-order valence-electron chi connectivity index (χ4n) is 3.78. The van der Waals surface area contributed by atoms with Gasteiger partial charge in [-0.05, 0) is 34.5 Å². The normalized spacial score (nSPS) is 15.0. The van der Waals surface area contributed by atoms with Gasteiger partial charge in [0, 0.05) is 36.8 Å². The molecule has 2 aromatic carbocycles. The molecule has 1 aliphatic rings. The summed E-state index contributed by atoms with van der Waals surface area (Å²) in [5.41, 5.74) is 7.47. The highest BCUT2D eigenvalue weighted by atomic mass is 32.2. The number of aromatic nitrogens is 4. The van der Waals surface area contributed by atoms with E-state index in [1.165, 1.54) is 12.1 Å². The molecule has 0 amide bonds. The van der Waals surface area contributed by atoms with Crippen molar-refractivity contribution in [3.05, 3.63) is 36.4 Å². The summed E-state index contributed by atoms with van der Waals surface area (Å²) < 4.78 is 51.1. The van der Waals surface area contributed by atoms with Gasteiger partial charge in [0.1, 0.15) is 4.90 Å². The van der Waals surface area contributed by atoms with Crippen molar-refractivity contribution in [2.75, 3.05) is 41.8 Å². The molecule has 5 N–H and O–H groups in total. The van der Waals surface area contributed by atoms with E-state index in [1.54, 1.807) is 0 Å². The van der Waals surface area contributed by atoms with Gasteiger partial charge in [0.25, 0.3) is 0 Å². The average molecular weight is 510 g/mol. The zero-order chi connectivity index (χ0) is 23.6. The second-order valence-corrected chi connectivity index (χ2v) is 12.2. The number of sulfonamides is 1. The summed E-state index contributed by atoms with van der Waals surface area (Å²) in [6.45, 7) is 1.61. The minimum Gasteiger partial charge on any atom is -0.370 e. The van der Waals surface area contributed by atoms with Gasteiger partial charge < -0.3 is 10.6 Å². The fraction of sp³-hybridized carbons (Fsp3) is 0.316. The van der Waals surface area contributed by atoms with Crippen LogP contribution < -0.4 is 15.8 Å². The number of sulfone groups is 1. The van der Waals surface area contributed by atoms with Gasteiger partial charge in [-0.25, -0.2) is 22.0 Å². The van der Waals surface area contributed by atoms with E-state index in [0.29, 0.717) is 11.1 Å². The van der Waals surface area contributed by atoms with Gasteiger partial charge in [0.15, 0.2) is 9.84 Å². The largest absolute Gasteiger partial charge is 0.370 e. The van der Waals surface area contributed by atoms with E-state index in [4.69, 9.17) is 10.9 Å². The van der Waals surface area contributed by atoms with Crippen LogP contribution in [0.15, 0.2) is 46.2 Å². The molecule has 1 aliphatic heterocycles. The van der Waals surface area contributed by atoms with E-state index in [1.807, 2.05) is 36.0 Å². The Kier molecular flexibility index (Phi) is 6.72. The first-order chi connectivity index (χ1) is 15.7. The maximum Gasteiger partial charge on any atom is 0.240 e. The van der Waals surface area contributed by atoms with Crippen LogP contribution in [0.2, 0.25) is 0 Å². The monoisotopic (exact) mass is 509 g/mol. The molecule has 2 heterocycles. The van der Waals surface area contributed by atoms with Crippen molar-refractivity contribution in [3.8, 4) is 22.5 Å². The number of nitrogens with two attached hydrogens (primary N) is 2. The summed E-state index contributed by atoms with van der Waals surface area (Å²) >= 11 is 1.89. The van der Waals surface area contributed by atoms with Crippen LogP contribution in [0.1, 0.15) is 0 Å². The number of H-pyrrole nitrogens is 1. The molecule has 0 saturated carbocycles. The van der Waals surface area contributed by atoms with Gasteiger partial charge in [-0.1, -0.05) is 18.2 Å². The number of nitrogens with zero attached hydrogens (tertiary/aromatic N) is 4. The van der Waals surface area contributed by atoms with Gasteiger partial charge in [-0.15, -0.1) is 10.2 Å². The second kappa shape index (κ2) is 9.38.